The molecule has 3 unspecified atom stereocenters. The van der Waals surface area contributed by atoms with E-state index in [2.05, 4.69) is 5.32 Å². The Morgan fingerprint density at radius 2 is 1.84 bits per heavy atom. The average molecular weight is 270 g/mol. The predicted octanol–water partition coefficient (Wildman–Crippen LogP) is 1.63. The maximum absolute atomic E-state index is 12.1. The van der Waals surface area contributed by atoms with Gasteiger partial charge in [0, 0.05) is 19.7 Å². The first kappa shape index (κ1) is 16.4. The van der Waals surface area contributed by atoms with Gasteiger partial charge >= 0.3 is 0 Å². The third kappa shape index (κ3) is 4.77. The van der Waals surface area contributed by atoms with Crippen LogP contribution in [0.15, 0.2) is 0 Å². The van der Waals surface area contributed by atoms with Gasteiger partial charge in [-0.3, -0.25) is 4.79 Å². The fourth-order valence-electron chi connectivity index (χ4n) is 3.02. The number of hydrogen-bond donors (Lipinski definition) is 2. The van der Waals surface area contributed by atoms with Gasteiger partial charge in [-0.1, -0.05) is 12.8 Å². The van der Waals surface area contributed by atoms with Gasteiger partial charge in [-0.25, -0.2) is 0 Å². The van der Waals surface area contributed by atoms with E-state index in [9.17, 15) is 9.90 Å². The van der Waals surface area contributed by atoms with Crippen molar-refractivity contribution in [2.45, 2.75) is 52.5 Å². The van der Waals surface area contributed by atoms with Crippen molar-refractivity contribution >= 4 is 5.91 Å². The lowest BCUT2D eigenvalue weighted by atomic mass is 9.79. The lowest BCUT2D eigenvalue weighted by Gasteiger charge is -2.32. The Kier molecular flexibility index (Phi) is 7.39. The van der Waals surface area contributed by atoms with E-state index < -0.39 is 0 Å². The number of carbonyl (C=O) groups excluding carboxylic acids is 1. The summed E-state index contributed by atoms with van der Waals surface area (Å²) in [6.45, 7) is 8.63. The quantitative estimate of drug-likeness (QED) is 0.739. The van der Waals surface area contributed by atoms with Gasteiger partial charge < -0.3 is 15.3 Å². The summed E-state index contributed by atoms with van der Waals surface area (Å²) < 4.78 is 0. The molecule has 1 saturated carbocycles. The van der Waals surface area contributed by atoms with E-state index in [-0.39, 0.29) is 18.6 Å². The lowest BCUT2D eigenvalue weighted by molar-refractivity contribution is -0.132. The van der Waals surface area contributed by atoms with E-state index in [1.807, 2.05) is 25.7 Å². The number of hydrogen-bond acceptors (Lipinski definition) is 3. The summed E-state index contributed by atoms with van der Waals surface area (Å²) in [5.74, 6) is 1.11. The molecule has 0 aromatic rings. The number of amides is 1. The van der Waals surface area contributed by atoms with Gasteiger partial charge in [0.2, 0.25) is 5.91 Å². The first-order chi connectivity index (χ1) is 9.13. The Labute approximate surface area is 117 Å². The van der Waals surface area contributed by atoms with Crippen LogP contribution in [0.5, 0.6) is 0 Å². The van der Waals surface area contributed by atoms with Gasteiger partial charge in [0.15, 0.2) is 0 Å². The molecule has 19 heavy (non-hydrogen) atoms. The van der Waals surface area contributed by atoms with E-state index in [1.165, 1.54) is 19.3 Å². The maximum atomic E-state index is 12.1. The van der Waals surface area contributed by atoms with Crippen LogP contribution in [0.3, 0.4) is 0 Å². The zero-order chi connectivity index (χ0) is 14.3. The fraction of sp³-hybridized carbons (Fsp3) is 0.933. The van der Waals surface area contributed by atoms with Crippen LogP contribution < -0.4 is 5.32 Å². The third-order valence-corrected chi connectivity index (χ3v) is 4.43. The molecule has 1 fully saturated rings. The van der Waals surface area contributed by atoms with E-state index in [1.54, 1.807) is 0 Å². The Morgan fingerprint density at radius 1 is 1.26 bits per heavy atom. The summed E-state index contributed by atoms with van der Waals surface area (Å²) in [7, 11) is 0. The second kappa shape index (κ2) is 8.54. The molecular weight excluding hydrogens is 240 g/mol. The molecule has 0 radical (unpaired) electrons. The SMILES string of the molecule is CCN(CC)C(=O)C(C)NCC1CCCCC1CO. The molecule has 4 nitrogen and oxygen atoms in total. The molecule has 0 aliphatic heterocycles. The number of likely N-dealkylation sites (N-methyl/N-ethyl adjacent to an activating group) is 1. The van der Waals surface area contributed by atoms with Gasteiger partial charge in [-0.15, -0.1) is 0 Å². The summed E-state index contributed by atoms with van der Waals surface area (Å²) >= 11 is 0. The van der Waals surface area contributed by atoms with Crippen molar-refractivity contribution in [2.75, 3.05) is 26.2 Å². The average Bonchev–Trinajstić information content (AvgIpc) is 2.46. The summed E-state index contributed by atoms with van der Waals surface area (Å²) in [5, 5.41) is 12.8. The maximum Gasteiger partial charge on any atom is 0.239 e. The highest BCUT2D eigenvalue weighted by Crippen LogP contribution is 2.29. The Hall–Kier alpha value is -0.610. The minimum absolute atomic E-state index is 0.124. The van der Waals surface area contributed by atoms with Gasteiger partial charge in [-0.05, 0) is 52.0 Å². The van der Waals surface area contributed by atoms with Crippen molar-refractivity contribution in [1.29, 1.82) is 0 Å². The molecule has 1 rings (SSSR count). The zero-order valence-corrected chi connectivity index (χ0v) is 12.7. The van der Waals surface area contributed by atoms with Gasteiger partial charge in [0.1, 0.15) is 0 Å². The van der Waals surface area contributed by atoms with Crippen molar-refractivity contribution in [1.82, 2.24) is 10.2 Å². The van der Waals surface area contributed by atoms with Crippen LogP contribution in [0.1, 0.15) is 46.5 Å². The normalized spacial score (nSPS) is 25.1. The first-order valence-electron chi connectivity index (χ1n) is 7.77. The highest BCUT2D eigenvalue weighted by molar-refractivity contribution is 5.81. The van der Waals surface area contributed by atoms with Crippen LogP contribution in [-0.4, -0.2) is 48.2 Å². The summed E-state index contributed by atoms with van der Waals surface area (Å²) in [5.41, 5.74) is 0. The van der Waals surface area contributed by atoms with Gasteiger partial charge in [-0.2, -0.15) is 0 Å². The van der Waals surface area contributed by atoms with Crippen LogP contribution in [0.4, 0.5) is 0 Å². The number of nitrogens with one attached hydrogen (secondary N) is 1. The minimum Gasteiger partial charge on any atom is -0.396 e. The Bertz CT molecular complexity index is 267. The third-order valence-electron chi connectivity index (χ3n) is 4.43. The van der Waals surface area contributed by atoms with Crippen molar-refractivity contribution in [3.8, 4) is 0 Å². The number of aliphatic hydroxyl groups excluding tert-OH is 1. The summed E-state index contributed by atoms with van der Waals surface area (Å²) in [6.07, 6.45) is 4.78. The zero-order valence-electron chi connectivity index (χ0n) is 12.7. The molecule has 2 N–H and O–H groups in total. The molecule has 0 bridgehead atoms. The highest BCUT2D eigenvalue weighted by atomic mass is 16.3. The number of rotatable bonds is 7. The second-order valence-corrected chi connectivity index (χ2v) is 5.63. The highest BCUT2D eigenvalue weighted by Gasteiger charge is 2.26. The van der Waals surface area contributed by atoms with E-state index >= 15 is 0 Å². The monoisotopic (exact) mass is 270 g/mol. The number of nitrogens with zero attached hydrogens (tertiary/aromatic N) is 1. The van der Waals surface area contributed by atoms with Crippen molar-refractivity contribution in [3.05, 3.63) is 0 Å². The molecule has 112 valence electrons. The first-order valence-corrected chi connectivity index (χ1v) is 7.77. The Morgan fingerprint density at radius 3 is 2.37 bits per heavy atom. The number of carbonyl (C=O) groups is 1. The molecule has 4 heteroatoms. The molecule has 1 amide bonds. The summed E-state index contributed by atoms with van der Waals surface area (Å²) in [6, 6.07) is -0.124. The topological polar surface area (TPSA) is 52.6 Å². The van der Waals surface area contributed by atoms with Crippen molar-refractivity contribution < 1.29 is 9.90 Å². The van der Waals surface area contributed by atoms with Crippen LogP contribution in [0, 0.1) is 11.8 Å². The van der Waals surface area contributed by atoms with Crippen LogP contribution in [0.25, 0.3) is 0 Å². The molecule has 1 aliphatic rings. The smallest absolute Gasteiger partial charge is 0.239 e. The number of aliphatic hydroxyl groups is 1. The lowest BCUT2D eigenvalue weighted by Crippen LogP contribution is -2.47. The Balaban J connectivity index is 2.39. The molecule has 1 aliphatic carbocycles. The molecule has 0 aromatic heterocycles. The molecule has 0 heterocycles. The van der Waals surface area contributed by atoms with E-state index in [0.717, 1.165) is 26.1 Å². The van der Waals surface area contributed by atoms with Gasteiger partial charge in [0.05, 0.1) is 6.04 Å². The second-order valence-electron chi connectivity index (χ2n) is 5.63. The largest absolute Gasteiger partial charge is 0.396 e. The standard InChI is InChI=1S/C15H30N2O2/c1-4-17(5-2)15(19)12(3)16-10-13-8-6-7-9-14(13)11-18/h12-14,16,18H,4-11H2,1-3H3. The molecular formula is C15H30N2O2. The summed E-state index contributed by atoms with van der Waals surface area (Å²) in [4.78, 5) is 14.0. The van der Waals surface area contributed by atoms with Crippen LogP contribution in [-0.2, 0) is 4.79 Å². The van der Waals surface area contributed by atoms with Crippen molar-refractivity contribution in [2.24, 2.45) is 11.8 Å². The van der Waals surface area contributed by atoms with Gasteiger partial charge in [0.25, 0.3) is 0 Å². The van der Waals surface area contributed by atoms with E-state index in [4.69, 9.17) is 0 Å². The molecule has 0 aromatic carbocycles. The van der Waals surface area contributed by atoms with Crippen LogP contribution in [0.2, 0.25) is 0 Å². The predicted molar refractivity (Wildman–Crippen MR) is 77.9 cm³/mol. The van der Waals surface area contributed by atoms with Crippen LogP contribution >= 0.6 is 0 Å². The molecule has 0 spiro atoms. The van der Waals surface area contributed by atoms with E-state index in [0.29, 0.717) is 11.8 Å². The van der Waals surface area contributed by atoms with Crippen molar-refractivity contribution in [3.63, 3.8) is 0 Å². The molecule has 0 saturated heterocycles. The minimum atomic E-state index is -0.124. The fourth-order valence-corrected chi connectivity index (χ4v) is 3.02. The molecule has 3 atom stereocenters.